The monoisotopic (exact) mass is 295 g/mol. The molecule has 0 aliphatic carbocycles. The average molecular weight is 295 g/mol. The van der Waals surface area contributed by atoms with E-state index in [0.29, 0.717) is 5.92 Å². The van der Waals surface area contributed by atoms with Gasteiger partial charge in [0, 0.05) is 22.6 Å². The van der Waals surface area contributed by atoms with E-state index in [0.717, 1.165) is 18.6 Å². The van der Waals surface area contributed by atoms with Crippen LogP contribution in [0.5, 0.6) is 0 Å². The van der Waals surface area contributed by atoms with Crippen molar-refractivity contribution >= 4 is 10.8 Å². The van der Waals surface area contributed by atoms with Crippen LogP contribution in [0.4, 0.5) is 0 Å². The minimum atomic E-state index is -0.785. The lowest BCUT2D eigenvalue weighted by Crippen LogP contribution is -2.31. The fourth-order valence-electron chi connectivity index (χ4n) is 2.32. The number of aryl methyl sites for hydroxylation is 1. The lowest BCUT2D eigenvalue weighted by Gasteiger charge is -2.24. The molecule has 2 nitrogen and oxygen atoms in total. The van der Waals surface area contributed by atoms with Crippen molar-refractivity contribution < 1.29 is 4.21 Å². The zero-order valence-corrected chi connectivity index (χ0v) is 14.3. The molecule has 0 radical (unpaired) electrons. The summed E-state index contributed by atoms with van der Waals surface area (Å²) in [5.74, 6) is 1.41. The summed E-state index contributed by atoms with van der Waals surface area (Å²) in [5.41, 5.74) is 2.58. The minimum Gasteiger partial charge on any atom is -0.312 e. The van der Waals surface area contributed by atoms with Gasteiger partial charge >= 0.3 is 0 Å². The summed E-state index contributed by atoms with van der Waals surface area (Å²) in [6, 6.07) is 8.83. The van der Waals surface area contributed by atoms with Crippen LogP contribution in [0, 0.1) is 5.92 Å². The zero-order valence-electron chi connectivity index (χ0n) is 13.5. The third kappa shape index (κ3) is 5.02. The van der Waals surface area contributed by atoms with Crippen LogP contribution in [0.2, 0.25) is 0 Å². The molecule has 114 valence electrons. The van der Waals surface area contributed by atoms with Crippen LogP contribution in [0.1, 0.15) is 51.3 Å². The number of rotatable bonds is 8. The molecule has 0 saturated heterocycles. The lowest BCUT2D eigenvalue weighted by atomic mass is 10.0. The lowest BCUT2D eigenvalue weighted by molar-refractivity contribution is 0.563. The van der Waals surface area contributed by atoms with Gasteiger partial charge in [0.05, 0.1) is 5.25 Å². The van der Waals surface area contributed by atoms with E-state index in [1.165, 1.54) is 11.1 Å². The van der Waals surface area contributed by atoms with Gasteiger partial charge < -0.3 is 5.32 Å². The summed E-state index contributed by atoms with van der Waals surface area (Å²) in [7, 11) is 1.17. The fraction of sp³-hybridized carbons (Fsp3) is 0.647. The maximum atomic E-state index is 12.4. The molecule has 0 heterocycles. The molecule has 3 heteroatoms. The van der Waals surface area contributed by atoms with Crippen LogP contribution in [0.15, 0.2) is 24.3 Å². The average Bonchev–Trinajstić information content (AvgIpc) is 2.46. The number of benzene rings is 1. The summed E-state index contributed by atoms with van der Waals surface area (Å²) < 4.78 is 12.4. The Balaban J connectivity index is 2.75. The summed E-state index contributed by atoms with van der Waals surface area (Å²) in [6.45, 7) is 8.61. The van der Waals surface area contributed by atoms with Gasteiger partial charge in [0.2, 0.25) is 0 Å². The third-order valence-corrected chi connectivity index (χ3v) is 5.58. The highest BCUT2D eigenvalue weighted by atomic mass is 32.2. The molecule has 1 aromatic carbocycles. The molecule has 3 unspecified atom stereocenters. The maximum Gasteiger partial charge on any atom is 0.0514 e. The van der Waals surface area contributed by atoms with Crippen molar-refractivity contribution in [3.63, 3.8) is 0 Å². The van der Waals surface area contributed by atoms with E-state index >= 15 is 0 Å². The Morgan fingerprint density at radius 3 is 2.20 bits per heavy atom. The van der Waals surface area contributed by atoms with Crippen molar-refractivity contribution in [3.8, 4) is 0 Å². The van der Waals surface area contributed by atoms with Gasteiger partial charge in [-0.25, -0.2) is 0 Å². The molecular weight excluding hydrogens is 266 g/mol. The number of hydrogen-bond acceptors (Lipinski definition) is 2. The van der Waals surface area contributed by atoms with E-state index in [4.69, 9.17) is 0 Å². The Bertz CT molecular complexity index is 414. The summed E-state index contributed by atoms with van der Waals surface area (Å²) >= 11 is 0. The maximum absolute atomic E-state index is 12.4. The predicted octanol–water partition coefficient (Wildman–Crippen LogP) is 3.69. The highest BCUT2D eigenvalue weighted by Crippen LogP contribution is 2.22. The van der Waals surface area contributed by atoms with E-state index in [1.807, 2.05) is 7.05 Å². The molecular formula is C17H29NOS. The zero-order chi connectivity index (χ0) is 15.1. The number of hydrogen-bond donors (Lipinski definition) is 1. The smallest absolute Gasteiger partial charge is 0.0514 e. The van der Waals surface area contributed by atoms with Crippen molar-refractivity contribution in [3.05, 3.63) is 35.4 Å². The van der Waals surface area contributed by atoms with Crippen LogP contribution in [0.3, 0.4) is 0 Å². The quantitative estimate of drug-likeness (QED) is 0.792. The van der Waals surface area contributed by atoms with Gasteiger partial charge in [-0.1, -0.05) is 45.0 Å². The second kappa shape index (κ2) is 8.58. The molecule has 0 fully saturated rings. The third-order valence-electron chi connectivity index (χ3n) is 3.84. The first-order valence-electron chi connectivity index (χ1n) is 7.62. The van der Waals surface area contributed by atoms with Gasteiger partial charge in [0.1, 0.15) is 0 Å². The fourth-order valence-corrected chi connectivity index (χ4v) is 3.99. The molecule has 20 heavy (non-hydrogen) atoms. The number of nitrogens with one attached hydrogen (secondary N) is 1. The van der Waals surface area contributed by atoms with Crippen molar-refractivity contribution in [2.24, 2.45) is 5.92 Å². The Kier molecular flexibility index (Phi) is 7.46. The van der Waals surface area contributed by atoms with E-state index in [9.17, 15) is 4.21 Å². The standard InChI is InChI=1S/C17H29NOS/c1-6-15-7-9-16(10-8-15)17(18-5)14(4)20(19)12-11-13(2)3/h7-10,13-14,17-18H,6,11-12H2,1-5H3. The summed E-state index contributed by atoms with van der Waals surface area (Å²) in [6.07, 6.45) is 2.09. The molecule has 0 aliphatic heterocycles. The van der Waals surface area contributed by atoms with Gasteiger partial charge in [-0.05, 0) is 43.9 Å². The minimum absolute atomic E-state index is 0.131. The summed E-state index contributed by atoms with van der Waals surface area (Å²) in [4.78, 5) is 0. The van der Waals surface area contributed by atoms with Crippen LogP contribution in [-0.2, 0) is 17.2 Å². The van der Waals surface area contributed by atoms with Crippen molar-refractivity contribution in [2.75, 3.05) is 12.8 Å². The molecule has 1 N–H and O–H groups in total. The van der Waals surface area contributed by atoms with Gasteiger partial charge in [-0.15, -0.1) is 0 Å². The van der Waals surface area contributed by atoms with Crippen molar-refractivity contribution in [1.29, 1.82) is 0 Å². The van der Waals surface area contributed by atoms with E-state index < -0.39 is 10.8 Å². The van der Waals surface area contributed by atoms with Gasteiger partial charge in [0.25, 0.3) is 0 Å². The molecule has 0 aliphatic rings. The van der Waals surface area contributed by atoms with Crippen LogP contribution in [-0.4, -0.2) is 22.3 Å². The van der Waals surface area contributed by atoms with Crippen molar-refractivity contribution in [1.82, 2.24) is 5.32 Å². The van der Waals surface area contributed by atoms with Gasteiger partial charge in [-0.3, -0.25) is 4.21 Å². The second-order valence-electron chi connectivity index (χ2n) is 5.83. The van der Waals surface area contributed by atoms with Crippen LogP contribution in [0.25, 0.3) is 0 Å². The SMILES string of the molecule is CCc1ccc(C(NC)C(C)S(=O)CCC(C)C)cc1. The Morgan fingerprint density at radius 1 is 1.15 bits per heavy atom. The van der Waals surface area contributed by atoms with E-state index in [-0.39, 0.29) is 11.3 Å². The first-order valence-corrected chi connectivity index (χ1v) is 9.01. The van der Waals surface area contributed by atoms with Crippen LogP contribution >= 0.6 is 0 Å². The molecule has 0 bridgehead atoms. The van der Waals surface area contributed by atoms with Gasteiger partial charge in [-0.2, -0.15) is 0 Å². The normalized spacial score (nSPS) is 16.1. The predicted molar refractivity (Wildman–Crippen MR) is 89.5 cm³/mol. The molecule has 1 rings (SSSR count). The summed E-state index contributed by atoms with van der Waals surface area (Å²) in [5, 5.41) is 3.46. The molecule has 0 aromatic heterocycles. The largest absolute Gasteiger partial charge is 0.312 e. The molecule has 0 amide bonds. The van der Waals surface area contributed by atoms with E-state index in [2.05, 4.69) is 57.3 Å². The molecule has 1 aromatic rings. The highest BCUT2D eigenvalue weighted by molar-refractivity contribution is 7.85. The van der Waals surface area contributed by atoms with Crippen molar-refractivity contribution in [2.45, 2.75) is 51.8 Å². The molecule has 3 atom stereocenters. The topological polar surface area (TPSA) is 29.1 Å². The Labute approximate surface area is 126 Å². The van der Waals surface area contributed by atoms with Crippen LogP contribution < -0.4 is 5.32 Å². The Morgan fingerprint density at radius 2 is 1.75 bits per heavy atom. The van der Waals surface area contributed by atoms with Gasteiger partial charge in [0.15, 0.2) is 0 Å². The first kappa shape index (κ1) is 17.4. The first-order chi connectivity index (χ1) is 9.49. The molecule has 0 spiro atoms. The second-order valence-corrected chi connectivity index (χ2v) is 7.75. The Hall–Kier alpha value is -0.670. The highest BCUT2D eigenvalue weighted by Gasteiger charge is 2.22. The molecule has 0 saturated carbocycles. The van der Waals surface area contributed by atoms with E-state index in [1.54, 1.807) is 0 Å².